The topological polar surface area (TPSA) is 84.4 Å². The number of amides is 2. The maximum Gasteiger partial charge on any atom is 0.270 e. The van der Waals surface area contributed by atoms with Crippen LogP contribution in [0.1, 0.15) is 20.9 Å². The molecular formula is C26H22N4O3S. The van der Waals surface area contributed by atoms with Crippen LogP contribution >= 0.6 is 11.3 Å². The third-order valence-electron chi connectivity index (χ3n) is 5.52. The van der Waals surface area contributed by atoms with Gasteiger partial charge in [0.2, 0.25) is 0 Å². The normalized spacial score (nSPS) is 14.7. The molecule has 2 amide bonds. The van der Waals surface area contributed by atoms with Crippen LogP contribution in [-0.4, -0.2) is 34.4 Å². The van der Waals surface area contributed by atoms with Gasteiger partial charge in [0.15, 0.2) is 6.10 Å². The van der Waals surface area contributed by atoms with Gasteiger partial charge < -0.3 is 10.1 Å². The molecule has 34 heavy (non-hydrogen) atoms. The van der Waals surface area contributed by atoms with Gasteiger partial charge in [-0.25, -0.2) is 4.98 Å². The van der Waals surface area contributed by atoms with Gasteiger partial charge in [0.1, 0.15) is 15.6 Å². The van der Waals surface area contributed by atoms with Crippen molar-refractivity contribution in [3.05, 3.63) is 95.3 Å². The number of carbonyl (C=O) groups is 2. The van der Waals surface area contributed by atoms with Gasteiger partial charge in [-0.3, -0.25) is 19.5 Å². The number of anilines is 1. The second kappa shape index (κ2) is 9.44. The van der Waals surface area contributed by atoms with Crippen LogP contribution < -0.4 is 15.0 Å². The molecule has 2 aromatic heterocycles. The van der Waals surface area contributed by atoms with Gasteiger partial charge in [-0.2, -0.15) is 0 Å². The number of aryl methyl sites for hydroxylation is 1. The average Bonchev–Trinajstić information content (AvgIpc) is 3.28. The van der Waals surface area contributed by atoms with Crippen LogP contribution in [0.4, 0.5) is 5.69 Å². The third-order valence-corrected chi connectivity index (χ3v) is 6.71. The molecule has 0 bridgehead atoms. The molecule has 1 aliphatic heterocycles. The lowest BCUT2D eigenvalue weighted by Crippen LogP contribution is -2.50. The van der Waals surface area contributed by atoms with Crippen molar-refractivity contribution in [2.24, 2.45) is 0 Å². The average molecular weight is 471 g/mol. The van der Waals surface area contributed by atoms with Gasteiger partial charge in [0.25, 0.3) is 11.8 Å². The monoisotopic (exact) mass is 470 g/mol. The molecule has 0 aliphatic carbocycles. The van der Waals surface area contributed by atoms with Crippen molar-refractivity contribution in [2.45, 2.75) is 19.6 Å². The molecule has 1 N–H and O–H groups in total. The molecule has 8 heteroatoms. The fraction of sp³-hybridized carbons (Fsp3) is 0.154. The maximum absolute atomic E-state index is 13.7. The van der Waals surface area contributed by atoms with E-state index in [4.69, 9.17) is 4.74 Å². The summed E-state index contributed by atoms with van der Waals surface area (Å²) in [7, 11) is 0. The fourth-order valence-corrected chi connectivity index (χ4v) is 4.80. The highest BCUT2D eigenvalue weighted by molar-refractivity contribution is 7.17. The van der Waals surface area contributed by atoms with Crippen LogP contribution in [0.5, 0.6) is 5.75 Å². The van der Waals surface area contributed by atoms with E-state index in [0.29, 0.717) is 28.6 Å². The number of nitrogens with one attached hydrogen (secondary N) is 1. The molecule has 0 saturated heterocycles. The van der Waals surface area contributed by atoms with E-state index in [1.54, 1.807) is 23.4 Å². The van der Waals surface area contributed by atoms with E-state index in [1.165, 1.54) is 11.3 Å². The summed E-state index contributed by atoms with van der Waals surface area (Å²) in [6, 6.07) is 20.7. The van der Waals surface area contributed by atoms with Crippen molar-refractivity contribution in [3.63, 3.8) is 0 Å². The molecule has 0 fully saturated rings. The fourth-order valence-electron chi connectivity index (χ4n) is 3.79. The number of carbonyl (C=O) groups excluding carboxylic acids is 2. The Bertz CT molecular complexity index is 1320. The minimum Gasteiger partial charge on any atom is -0.477 e. The Balaban J connectivity index is 1.40. The number of para-hydroxylation sites is 2. The summed E-state index contributed by atoms with van der Waals surface area (Å²) in [6.45, 7) is 2.31. The van der Waals surface area contributed by atoms with E-state index >= 15 is 0 Å². The van der Waals surface area contributed by atoms with E-state index in [-0.39, 0.29) is 18.4 Å². The summed E-state index contributed by atoms with van der Waals surface area (Å²) in [5.41, 5.74) is 3.12. The second-order valence-corrected chi connectivity index (χ2v) is 8.87. The predicted octanol–water partition coefficient (Wildman–Crippen LogP) is 4.24. The number of nitrogens with zero attached hydrogens (tertiary/aromatic N) is 3. The molecule has 0 saturated carbocycles. The highest BCUT2D eigenvalue weighted by atomic mass is 32.1. The first-order valence-corrected chi connectivity index (χ1v) is 11.7. The van der Waals surface area contributed by atoms with Crippen molar-refractivity contribution >= 4 is 28.8 Å². The highest BCUT2D eigenvalue weighted by Crippen LogP contribution is 2.36. The van der Waals surface area contributed by atoms with Crippen LogP contribution in [0.25, 0.3) is 10.6 Å². The molecule has 2 aromatic carbocycles. The molecule has 170 valence electrons. The van der Waals surface area contributed by atoms with E-state index in [0.717, 1.165) is 16.1 Å². The SMILES string of the molecule is Cc1nc(-c2cccnc2)sc1C(=O)N1C[C@@H](C(=O)NCc2ccccc2)Oc2ccccc21. The van der Waals surface area contributed by atoms with E-state index in [2.05, 4.69) is 15.3 Å². The van der Waals surface area contributed by atoms with Gasteiger partial charge >= 0.3 is 0 Å². The first-order valence-electron chi connectivity index (χ1n) is 10.9. The van der Waals surface area contributed by atoms with Crippen molar-refractivity contribution < 1.29 is 14.3 Å². The zero-order valence-electron chi connectivity index (χ0n) is 18.5. The van der Waals surface area contributed by atoms with Gasteiger partial charge in [-0.05, 0) is 36.8 Å². The summed E-state index contributed by atoms with van der Waals surface area (Å²) < 4.78 is 5.98. The van der Waals surface area contributed by atoms with Gasteiger partial charge in [0.05, 0.1) is 17.9 Å². The Kier molecular flexibility index (Phi) is 6.05. The first kappa shape index (κ1) is 21.8. The van der Waals surface area contributed by atoms with Crippen LogP contribution in [0.2, 0.25) is 0 Å². The molecular weight excluding hydrogens is 448 g/mol. The number of hydrogen-bond donors (Lipinski definition) is 1. The second-order valence-electron chi connectivity index (χ2n) is 7.87. The predicted molar refractivity (Wildman–Crippen MR) is 131 cm³/mol. The number of thiazole rings is 1. The van der Waals surface area contributed by atoms with Gasteiger partial charge in [-0.1, -0.05) is 42.5 Å². The lowest BCUT2D eigenvalue weighted by molar-refractivity contribution is -0.127. The first-order chi connectivity index (χ1) is 16.6. The zero-order valence-corrected chi connectivity index (χ0v) is 19.3. The Hall–Kier alpha value is -4.04. The summed E-state index contributed by atoms with van der Waals surface area (Å²) in [4.78, 5) is 37.5. The summed E-state index contributed by atoms with van der Waals surface area (Å²) in [5, 5.41) is 3.65. The highest BCUT2D eigenvalue weighted by Gasteiger charge is 2.35. The summed E-state index contributed by atoms with van der Waals surface area (Å²) >= 11 is 1.32. The lowest BCUT2D eigenvalue weighted by atomic mass is 10.1. The van der Waals surface area contributed by atoms with Gasteiger partial charge in [-0.15, -0.1) is 11.3 Å². The van der Waals surface area contributed by atoms with E-state index in [9.17, 15) is 9.59 Å². The number of fused-ring (bicyclic) bond motifs is 1. The van der Waals surface area contributed by atoms with E-state index in [1.807, 2.05) is 67.6 Å². The quantitative estimate of drug-likeness (QED) is 0.472. The Morgan fingerprint density at radius 1 is 1.09 bits per heavy atom. The van der Waals surface area contributed by atoms with Crippen LogP contribution in [0.15, 0.2) is 79.1 Å². The Labute approximate surface area is 201 Å². The van der Waals surface area contributed by atoms with Gasteiger partial charge in [0, 0.05) is 24.5 Å². The Morgan fingerprint density at radius 2 is 1.88 bits per heavy atom. The molecule has 0 unspecified atom stereocenters. The van der Waals surface area contributed by atoms with E-state index < -0.39 is 6.10 Å². The third kappa shape index (κ3) is 4.40. The Morgan fingerprint density at radius 3 is 2.68 bits per heavy atom. The summed E-state index contributed by atoms with van der Waals surface area (Å²) in [6.07, 6.45) is 2.60. The minimum atomic E-state index is -0.825. The maximum atomic E-state index is 13.7. The van der Waals surface area contributed by atoms with Crippen molar-refractivity contribution in [1.29, 1.82) is 0 Å². The summed E-state index contributed by atoms with van der Waals surface area (Å²) in [5.74, 6) is 0.0200. The standard InChI is InChI=1S/C26H22N4O3S/c1-17-23(34-25(29-17)19-10-7-13-27-15-19)26(32)30-16-22(33-21-12-6-5-11-20(21)30)24(31)28-14-18-8-3-2-4-9-18/h2-13,15,22H,14,16H2,1H3,(H,28,31)/t22-/m0/s1. The van der Waals surface area contributed by atoms with Crippen molar-refractivity contribution in [2.75, 3.05) is 11.4 Å². The van der Waals surface area contributed by atoms with Crippen LogP contribution in [0.3, 0.4) is 0 Å². The number of benzene rings is 2. The van der Waals surface area contributed by atoms with Crippen molar-refractivity contribution in [3.8, 4) is 16.3 Å². The van der Waals surface area contributed by atoms with Crippen molar-refractivity contribution in [1.82, 2.24) is 15.3 Å². The smallest absolute Gasteiger partial charge is 0.270 e. The molecule has 7 nitrogen and oxygen atoms in total. The molecule has 0 radical (unpaired) electrons. The number of hydrogen-bond acceptors (Lipinski definition) is 6. The molecule has 0 spiro atoms. The van der Waals surface area contributed by atoms with Crippen LogP contribution in [0, 0.1) is 6.92 Å². The molecule has 5 rings (SSSR count). The minimum absolute atomic E-state index is 0.107. The lowest BCUT2D eigenvalue weighted by Gasteiger charge is -2.34. The number of ether oxygens (including phenoxy) is 1. The molecule has 3 heterocycles. The van der Waals surface area contributed by atoms with Crippen LogP contribution in [-0.2, 0) is 11.3 Å². The number of rotatable bonds is 5. The molecule has 4 aromatic rings. The number of pyridine rings is 1. The number of aromatic nitrogens is 2. The zero-order chi connectivity index (χ0) is 23.5. The largest absolute Gasteiger partial charge is 0.477 e. The molecule has 1 aliphatic rings. The molecule has 1 atom stereocenters.